The van der Waals surface area contributed by atoms with Crippen molar-refractivity contribution in [3.8, 4) is 5.75 Å². The highest BCUT2D eigenvalue weighted by atomic mass is 35.5. The summed E-state index contributed by atoms with van der Waals surface area (Å²) < 4.78 is 5.21. The summed E-state index contributed by atoms with van der Waals surface area (Å²) in [5.41, 5.74) is 1.92. The summed E-state index contributed by atoms with van der Waals surface area (Å²) in [6.45, 7) is 2.60. The molecule has 0 aromatic heterocycles. The van der Waals surface area contributed by atoms with Crippen molar-refractivity contribution >= 4 is 40.7 Å². The molecular formula is C22H24ClN3O2S. The number of carbonyl (C=O) groups excluding carboxylic acids is 1. The van der Waals surface area contributed by atoms with Crippen molar-refractivity contribution < 1.29 is 9.53 Å². The van der Waals surface area contributed by atoms with Crippen LogP contribution in [0.2, 0.25) is 5.02 Å². The van der Waals surface area contributed by atoms with Crippen LogP contribution in [0.25, 0.3) is 0 Å². The highest BCUT2D eigenvalue weighted by molar-refractivity contribution is 8.15. The van der Waals surface area contributed by atoms with Gasteiger partial charge in [-0.1, -0.05) is 67.4 Å². The Kier molecular flexibility index (Phi) is 7.72. The number of hydrogen-bond acceptors (Lipinski definition) is 5. The van der Waals surface area contributed by atoms with Gasteiger partial charge in [-0.15, -0.1) is 5.10 Å². The number of unbranched alkanes of at least 4 members (excludes halogenated alkanes) is 1. The first-order valence-corrected chi connectivity index (χ1v) is 10.8. The van der Waals surface area contributed by atoms with Crippen LogP contribution in [0.1, 0.15) is 37.3 Å². The van der Waals surface area contributed by atoms with E-state index >= 15 is 0 Å². The number of nitrogens with zero attached hydrogens (tertiary/aromatic N) is 3. The molecule has 2 aromatic carbocycles. The van der Waals surface area contributed by atoms with Gasteiger partial charge in [0.25, 0.3) is 0 Å². The molecule has 3 rings (SSSR count). The van der Waals surface area contributed by atoms with Gasteiger partial charge in [-0.2, -0.15) is 5.10 Å². The Morgan fingerprint density at radius 1 is 1.17 bits per heavy atom. The predicted octanol–water partition coefficient (Wildman–Crippen LogP) is 5.37. The Bertz CT molecular complexity index is 882. The molecule has 5 nitrogen and oxygen atoms in total. The third kappa shape index (κ3) is 5.84. The fourth-order valence-electron chi connectivity index (χ4n) is 2.91. The van der Waals surface area contributed by atoms with Crippen molar-refractivity contribution in [3.05, 3.63) is 64.7 Å². The molecule has 0 radical (unpaired) electrons. The molecule has 1 heterocycles. The molecule has 0 N–H and O–H groups in total. The Labute approximate surface area is 180 Å². The van der Waals surface area contributed by atoms with Gasteiger partial charge in [0.1, 0.15) is 5.75 Å². The van der Waals surface area contributed by atoms with Gasteiger partial charge in [0.15, 0.2) is 5.17 Å². The van der Waals surface area contributed by atoms with Crippen molar-refractivity contribution in [1.29, 1.82) is 0 Å². The number of thioether (sulfide) groups is 1. The van der Waals surface area contributed by atoms with E-state index in [4.69, 9.17) is 16.3 Å². The number of hydrogen-bond donors (Lipinski definition) is 0. The van der Waals surface area contributed by atoms with Crippen LogP contribution in [-0.4, -0.2) is 34.5 Å². The molecule has 1 saturated heterocycles. The summed E-state index contributed by atoms with van der Waals surface area (Å²) >= 11 is 7.41. The SMILES string of the molecule is CCCCC1SC(=NN=Cc2ccc(Cl)cc2)N(Cc2ccc(OC)cc2)C1=O. The van der Waals surface area contributed by atoms with Crippen LogP contribution in [0.3, 0.4) is 0 Å². The topological polar surface area (TPSA) is 54.3 Å². The molecule has 0 saturated carbocycles. The van der Waals surface area contributed by atoms with Gasteiger partial charge in [-0.05, 0) is 41.8 Å². The van der Waals surface area contributed by atoms with E-state index in [2.05, 4.69) is 17.1 Å². The maximum atomic E-state index is 13.0. The molecule has 1 atom stereocenters. The number of ether oxygens (including phenoxy) is 1. The number of methoxy groups -OCH3 is 1. The molecule has 1 aliphatic heterocycles. The summed E-state index contributed by atoms with van der Waals surface area (Å²) in [4.78, 5) is 14.7. The Morgan fingerprint density at radius 2 is 1.90 bits per heavy atom. The van der Waals surface area contributed by atoms with E-state index in [-0.39, 0.29) is 11.2 Å². The van der Waals surface area contributed by atoms with Crippen LogP contribution < -0.4 is 4.74 Å². The summed E-state index contributed by atoms with van der Waals surface area (Å²) in [7, 11) is 1.64. The average molecular weight is 430 g/mol. The first kappa shape index (κ1) is 21.4. The maximum absolute atomic E-state index is 13.0. The second-order valence-corrected chi connectivity index (χ2v) is 8.31. The number of carbonyl (C=O) groups is 1. The number of rotatable bonds is 8. The van der Waals surface area contributed by atoms with E-state index in [1.807, 2.05) is 36.4 Å². The average Bonchev–Trinajstić information content (AvgIpc) is 3.03. The zero-order chi connectivity index (χ0) is 20.6. The number of benzene rings is 2. The molecule has 7 heteroatoms. The van der Waals surface area contributed by atoms with Crippen molar-refractivity contribution in [2.24, 2.45) is 10.2 Å². The summed E-state index contributed by atoms with van der Waals surface area (Å²) in [5.74, 6) is 0.887. The Balaban J connectivity index is 1.78. The minimum atomic E-state index is -0.0994. The second kappa shape index (κ2) is 10.5. The highest BCUT2D eigenvalue weighted by Gasteiger charge is 2.37. The number of amides is 1. The second-order valence-electron chi connectivity index (χ2n) is 6.70. The molecule has 1 fully saturated rings. The summed E-state index contributed by atoms with van der Waals surface area (Å²) in [6.07, 6.45) is 4.59. The van der Waals surface area contributed by atoms with Crippen LogP contribution in [0.5, 0.6) is 5.75 Å². The Hall–Kier alpha value is -2.31. The van der Waals surface area contributed by atoms with Crippen LogP contribution >= 0.6 is 23.4 Å². The van der Waals surface area contributed by atoms with Crippen LogP contribution in [-0.2, 0) is 11.3 Å². The lowest BCUT2D eigenvalue weighted by Gasteiger charge is -2.16. The molecular weight excluding hydrogens is 406 g/mol. The zero-order valence-electron chi connectivity index (χ0n) is 16.5. The molecule has 0 spiro atoms. The molecule has 152 valence electrons. The van der Waals surface area contributed by atoms with Gasteiger partial charge in [0, 0.05) is 5.02 Å². The molecule has 0 bridgehead atoms. The Morgan fingerprint density at radius 3 is 2.55 bits per heavy atom. The molecule has 1 unspecified atom stereocenters. The van der Waals surface area contributed by atoms with Crippen molar-refractivity contribution in [1.82, 2.24) is 4.90 Å². The van der Waals surface area contributed by atoms with Crippen LogP contribution in [0.4, 0.5) is 0 Å². The van der Waals surface area contributed by atoms with Crippen LogP contribution in [0, 0.1) is 0 Å². The maximum Gasteiger partial charge on any atom is 0.242 e. The van der Waals surface area contributed by atoms with Crippen molar-refractivity contribution in [2.75, 3.05) is 7.11 Å². The summed E-state index contributed by atoms with van der Waals surface area (Å²) in [5, 5.41) is 9.78. The van der Waals surface area contributed by atoms with Gasteiger partial charge in [0.2, 0.25) is 5.91 Å². The normalized spacial score (nSPS) is 18.2. The van der Waals surface area contributed by atoms with Crippen molar-refractivity contribution in [2.45, 2.75) is 38.0 Å². The summed E-state index contributed by atoms with van der Waals surface area (Å²) in [6, 6.07) is 15.1. The lowest BCUT2D eigenvalue weighted by Crippen LogP contribution is -2.31. The third-order valence-corrected chi connectivity index (χ3v) is 6.05. The van der Waals surface area contributed by atoms with Gasteiger partial charge in [0.05, 0.1) is 25.1 Å². The minimum absolute atomic E-state index is 0.0970. The monoisotopic (exact) mass is 429 g/mol. The van der Waals surface area contributed by atoms with E-state index in [9.17, 15) is 4.79 Å². The van der Waals surface area contributed by atoms with E-state index < -0.39 is 0 Å². The molecule has 0 aliphatic carbocycles. The van der Waals surface area contributed by atoms with Gasteiger partial charge >= 0.3 is 0 Å². The van der Waals surface area contributed by atoms with E-state index in [1.165, 1.54) is 11.8 Å². The van der Waals surface area contributed by atoms with Gasteiger partial charge in [-0.25, -0.2) is 0 Å². The van der Waals surface area contributed by atoms with Crippen LogP contribution in [0.15, 0.2) is 58.7 Å². The first-order chi connectivity index (χ1) is 14.1. The quantitative estimate of drug-likeness (QED) is 0.418. The van der Waals surface area contributed by atoms with E-state index in [1.54, 1.807) is 30.4 Å². The smallest absolute Gasteiger partial charge is 0.242 e. The molecule has 1 aliphatic rings. The predicted molar refractivity (Wildman–Crippen MR) is 121 cm³/mol. The van der Waals surface area contributed by atoms with Gasteiger partial charge < -0.3 is 4.74 Å². The fourth-order valence-corrected chi connectivity index (χ4v) is 4.18. The lowest BCUT2D eigenvalue weighted by molar-refractivity contribution is -0.126. The number of amidine groups is 1. The van der Waals surface area contributed by atoms with E-state index in [0.717, 1.165) is 36.1 Å². The fraction of sp³-hybridized carbons (Fsp3) is 0.318. The van der Waals surface area contributed by atoms with E-state index in [0.29, 0.717) is 16.7 Å². The first-order valence-electron chi connectivity index (χ1n) is 9.58. The minimum Gasteiger partial charge on any atom is -0.497 e. The third-order valence-electron chi connectivity index (χ3n) is 4.56. The lowest BCUT2D eigenvalue weighted by atomic mass is 10.1. The standard InChI is InChI=1S/C22H24ClN3O2S/c1-3-4-5-20-21(27)26(15-17-8-12-19(28-2)13-9-17)22(29-20)25-24-14-16-6-10-18(23)11-7-16/h6-14,20H,3-5,15H2,1-2H3. The highest BCUT2D eigenvalue weighted by Crippen LogP contribution is 2.32. The number of halogens is 1. The van der Waals surface area contributed by atoms with Gasteiger partial charge in [-0.3, -0.25) is 9.69 Å². The molecule has 29 heavy (non-hydrogen) atoms. The zero-order valence-corrected chi connectivity index (χ0v) is 18.1. The largest absolute Gasteiger partial charge is 0.497 e. The molecule has 2 aromatic rings. The molecule has 1 amide bonds. The van der Waals surface area contributed by atoms with Crippen molar-refractivity contribution in [3.63, 3.8) is 0 Å².